The lowest BCUT2D eigenvalue weighted by Crippen LogP contribution is -2.37. The Morgan fingerprint density at radius 2 is 1.65 bits per heavy atom. The van der Waals surface area contributed by atoms with Crippen LogP contribution in [0, 0.1) is 5.82 Å². The molecule has 0 unspecified atom stereocenters. The number of halogens is 1. The first-order valence-corrected chi connectivity index (χ1v) is 7.53. The maximum absolute atomic E-state index is 12.8. The molecule has 0 heterocycles. The molecule has 0 bridgehead atoms. The average molecular weight is 315 g/mol. The highest BCUT2D eigenvalue weighted by Gasteiger charge is 2.00. The molecule has 0 saturated carbocycles. The van der Waals surface area contributed by atoms with Crippen molar-refractivity contribution >= 4 is 5.96 Å². The minimum absolute atomic E-state index is 0.210. The molecular formula is C18H22FN3O. The van der Waals surface area contributed by atoms with E-state index in [0.717, 1.165) is 35.8 Å². The SMILES string of the molecule is CN=C(NCCc1ccc(F)cc1)NCc1ccc(OC)cc1. The highest BCUT2D eigenvalue weighted by atomic mass is 19.1. The van der Waals surface area contributed by atoms with Gasteiger partial charge in [0.15, 0.2) is 5.96 Å². The number of benzene rings is 2. The van der Waals surface area contributed by atoms with E-state index in [1.54, 1.807) is 26.3 Å². The van der Waals surface area contributed by atoms with Crippen molar-refractivity contribution in [3.63, 3.8) is 0 Å². The van der Waals surface area contributed by atoms with Gasteiger partial charge in [0.05, 0.1) is 7.11 Å². The molecule has 23 heavy (non-hydrogen) atoms. The molecule has 5 heteroatoms. The van der Waals surface area contributed by atoms with Crippen molar-refractivity contribution in [1.29, 1.82) is 0 Å². The minimum Gasteiger partial charge on any atom is -0.497 e. The summed E-state index contributed by atoms with van der Waals surface area (Å²) in [6.45, 7) is 1.41. The Morgan fingerprint density at radius 1 is 1.00 bits per heavy atom. The molecule has 122 valence electrons. The van der Waals surface area contributed by atoms with Crippen LogP contribution in [-0.2, 0) is 13.0 Å². The van der Waals surface area contributed by atoms with E-state index in [-0.39, 0.29) is 5.82 Å². The van der Waals surface area contributed by atoms with Crippen molar-refractivity contribution in [3.8, 4) is 5.75 Å². The summed E-state index contributed by atoms with van der Waals surface area (Å²) >= 11 is 0. The van der Waals surface area contributed by atoms with Crippen molar-refractivity contribution in [2.45, 2.75) is 13.0 Å². The molecule has 0 aliphatic carbocycles. The Bertz CT molecular complexity index is 624. The molecule has 2 aromatic carbocycles. The predicted octanol–water partition coefficient (Wildman–Crippen LogP) is 2.74. The minimum atomic E-state index is -0.210. The van der Waals surface area contributed by atoms with Crippen LogP contribution in [0.1, 0.15) is 11.1 Å². The van der Waals surface area contributed by atoms with Gasteiger partial charge in [-0.2, -0.15) is 0 Å². The van der Waals surface area contributed by atoms with Crippen LogP contribution in [0.15, 0.2) is 53.5 Å². The smallest absolute Gasteiger partial charge is 0.191 e. The van der Waals surface area contributed by atoms with E-state index in [4.69, 9.17) is 4.74 Å². The van der Waals surface area contributed by atoms with Crippen LogP contribution in [0.3, 0.4) is 0 Å². The summed E-state index contributed by atoms with van der Waals surface area (Å²) in [5.74, 6) is 1.37. The lowest BCUT2D eigenvalue weighted by molar-refractivity contribution is 0.414. The fourth-order valence-electron chi connectivity index (χ4n) is 2.13. The van der Waals surface area contributed by atoms with Gasteiger partial charge in [-0.25, -0.2) is 4.39 Å². The Morgan fingerprint density at radius 3 is 2.26 bits per heavy atom. The third-order valence-corrected chi connectivity index (χ3v) is 3.46. The van der Waals surface area contributed by atoms with Crippen LogP contribution >= 0.6 is 0 Å². The van der Waals surface area contributed by atoms with Crippen LogP contribution in [0.4, 0.5) is 4.39 Å². The van der Waals surface area contributed by atoms with Gasteiger partial charge in [-0.15, -0.1) is 0 Å². The summed E-state index contributed by atoms with van der Waals surface area (Å²) in [5, 5.41) is 6.50. The van der Waals surface area contributed by atoms with Gasteiger partial charge in [-0.3, -0.25) is 4.99 Å². The zero-order valence-electron chi connectivity index (χ0n) is 13.5. The normalized spacial score (nSPS) is 11.2. The number of nitrogens with zero attached hydrogens (tertiary/aromatic N) is 1. The first kappa shape index (κ1) is 16.8. The first-order valence-electron chi connectivity index (χ1n) is 7.53. The van der Waals surface area contributed by atoms with Gasteiger partial charge in [0.2, 0.25) is 0 Å². The molecule has 0 aromatic heterocycles. The topological polar surface area (TPSA) is 45.7 Å². The zero-order chi connectivity index (χ0) is 16.5. The monoisotopic (exact) mass is 315 g/mol. The summed E-state index contributed by atoms with van der Waals surface area (Å²) in [6.07, 6.45) is 0.809. The number of aliphatic imine (C=N–C) groups is 1. The number of rotatable bonds is 6. The van der Waals surface area contributed by atoms with Crippen molar-refractivity contribution in [2.24, 2.45) is 4.99 Å². The molecule has 0 fully saturated rings. The number of ether oxygens (including phenoxy) is 1. The predicted molar refractivity (Wildman–Crippen MR) is 91.3 cm³/mol. The van der Waals surface area contributed by atoms with Crippen molar-refractivity contribution in [2.75, 3.05) is 20.7 Å². The van der Waals surface area contributed by atoms with Crippen molar-refractivity contribution in [3.05, 3.63) is 65.5 Å². The number of hydrogen-bond acceptors (Lipinski definition) is 2. The number of methoxy groups -OCH3 is 1. The fourth-order valence-corrected chi connectivity index (χ4v) is 2.13. The quantitative estimate of drug-likeness (QED) is 0.636. The summed E-state index contributed by atoms with van der Waals surface area (Å²) < 4.78 is 18.0. The number of nitrogens with one attached hydrogen (secondary N) is 2. The van der Waals surface area contributed by atoms with Crippen LogP contribution in [0.25, 0.3) is 0 Å². The van der Waals surface area contributed by atoms with Gasteiger partial charge in [0.25, 0.3) is 0 Å². The molecule has 4 nitrogen and oxygen atoms in total. The van der Waals surface area contributed by atoms with E-state index in [9.17, 15) is 4.39 Å². The van der Waals surface area contributed by atoms with Gasteiger partial charge in [-0.05, 0) is 41.8 Å². The van der Waals surface area contributed by atoms with E-state index < -0.39 is 0 Å². The van der Waals surface area contributed by atoms with Gasteiger partial charge in [0.1, 0.15) is 11.6 Å². The van der Waals surface area contributed by atoms with Crippen LogP contribution < -0.4 is 15.4 Å². The standard InChI is InChI=1S/C18H22FN3O/c1-20-18(21-12-11-14-3-7-16(19)8-4-14)22-13-15-5-9-17(23-2)10-6-15/h3-10H,11-13H2,1-2H3,(H2,20,21,22). The molecule has 0 amide bonds. The highest BCUT2D eigenvalue weighted by Crippen LogP contribution is 2.10. The molecule has 0 radical (unpaired) electrons. The van der Waals surface area contributed by atoms with Crippen molar-refractivity contribution in [1.82, 2.24) is 10.6 Å². The molecule has 0 aliphatic rings. The third kappa shape index (κ3) is 5.62. The third-order valence-electron chi connectivity index (χ3n) is 3.46. The van der Waals surface area contributed by atoms with Gasteiger partial charge in [-0.1, -0.05) is 24.3 Å². The Kier molecular flexibility index (Phi) is 6.41. The Hall–Kier alpha value is -2.56. The van der Waals surface area contributed by atoms with Crippen LogP contribution in [0.2, 0.25) is 0 Å². The Labute approximate surface area is 136 Å². The summed E-state index contributed by atoms with van der Waals surface area (Å²) in [4.78, 5) is 4.19. The first-order chi connectivity index (χ1) is 11.2. The van der Waals surface area contributed by atoms with Gasteiger partial charge in [0, 0.05) is 20.1 Å². The molecule has 2 rings (SSSR count). The lowest BCUT2D eigenvalue weighted by Gasteiger charge is -2.12. The van der Waals surface area contributed by atoms with Crippen molar-refractivity contribution < 1.29 is 9.13 Å². The second-order valence-electron chi connectivity index (χ2n) is 5.08. The molecule has 0 atom stereocenters. The summed E-state index contributed by atoms with van der Waals surface area (Å²) in [7, 11) is 3.39. The Balaban J connectivity index is 1.75. The van der Waals surface area contributed by atoms with Crippen LogP contribution in [0.5, 0.6) is 5.75 Å². The second-order valence-corrected chi connectivity index (χ2v) is 5.08. The molecular weight excluding hydrogens is 293 g/mol. The fraction of sp³-hybridized carbons (Fsp3) is 0.278. The zero-order valence-corrected chi connectivity index (χ0v) is 13.5. The van der Waals surface area contributed by atoms with E-state index >= 15 is 0 Å². The number of hydrogen-bond donors (Lipinski definition) is 2. The summed E-state index contributed by atoms with van der Waals surface area (Å²) in [6, 6.07) is 14.4. The number of guanidine groups is 1. The molecule has 2 aromatic rings. The molecule has 0 aliphatic heterocycles. The summed E-state index contributed by atoms with van der Waals surface area (Å²) in [5.41, 5.74) is 2.23. The molecule has 2 N–H and O–H groups in total. The van der Waals surface area contributed by atoms with E-state index in [2.05, 4.69) is 15.6 Å². The van der Waals surface area contributed by atoms with Gasteiger partial charge >= 0.3 is 0 Å². The van der Waals surface area contributed by atoms with E-state index in [1.165, 1.54) is 12.1 Å². The van der Waals surface area contributed by atoms with E-state index in [1.807, 2.05) is 24.3 Å². The van der Waals surface area contributed by atoms with E-state index in [0.29, 0.717) is 6.54 Å². The average Bonchev–Trinajstić information content (AvgIpc) is 2.60. The largest absolute Gasteiger partial charge is 0.497 e. The van der Waals surface area contributed by atoms with Gasteiger partial charge < -0.3 is 15.4 Å². The maximum Gasteiger partial charge on any atom is 0.191 e. The highest BCUT2D eigenvalue weighted by molar-refractivity contribution is 5.79. The molecule has 0 spiro atoms. The maximum atomic E-state index is 12.8. The second kappa shape index (κ2) is 8.78. The molecule has 0 saturated heterocycles. The lowest BCUT2D eigenvalue weighted by atomic mass is 10.1. The van der Waals surface area contributed by atoms with Crippen LogP contribution in [-0.4, -0.2) is 26.7 Å².